The van der Waals surface area contributed by atoms with Gasteiger partial charge >= 0.3 is 0 Å². The van der Waals surface area contributed by atoms with Crippen LogP contribution >= 0.6 is 11.3 Å². The van der Waals surface area contributed by atoms with Gasteiger partial charge in [0, 0.05) is 5.38 Å². The third-order valence-electron chi connectivity index (χ3n) is 1.98. The number of benzene rings is 1. The molecule has 0 spiro atoms. The van der Waals surface area contributed by atoms with Gasteiger partial charge in [-0.05, 0) is 23.6 Å². The average molecular weight is 239 g/mol. The first kappa shape index (κ1) is 10.8. The second-order valence-electron chi connectivity index (χ2n) is 3.06. The van der Waals surface area contributed by atoms with Crippen molar-refractivity contribution in [1.29, 1.82) is 0 Å². The van der Waals surface area contributed by atoms with Crippen LogP contribution in [-0.4, -0.2) is 5.91 Å². The number of hydrogen-bond acceptors (Lipinski definition) is 2. The SMILES string of the molecule is O=C(Nc1c(F)cccc1F)c1ccsc1. The van der Waals surface area contributed by atoms with Gasteiger partial charge in [-0.3, -0.25) is 4.79 Å². The van der Waals surface area contributed by atoms with Crippen molar-refractivity contribution in [3.8, 4) is 0 Å². The third-order valence-corrected chi connectivity index (χ3v) is 2.67. The van der Waals surface area contributed by atoms with Gasteiger partial charge < -0.3 is 5.32 Å². The molecule has 2 rings (SSSR count). The van der Waals surface area contributed by atoms with E-state index in [1.54, 1.807) is 16.8 Å². The topological polar surface area (TPSA) is 29.1 Å². The highest BCUT2D eigenvalue weighted by Crippen LogP contribution is 2.19. The van der Waals surface area contributed by atoms with Crippen molar-refractivity contribution in [1.82, 2.24) is 0 Å². The molecule has 82 valence electrons. The predicted molar refractivity (Wildman–Crippen MR) is 58.6 cm³/mol. The molecule has 0 aliphatic carbocycles. The summed E-state index contributed by atoms with van der Waals surface area (Å²) < 4.78 is 26.4. The molecule has 0 radical (unpaired) electrons. The van der Waals surface area contributed by atoms with Crippen molar-refractivity contribution in [3.05, 3.63) is 52.2 Å². The summed E-state index contributed by atoms with van der Waals surface area (Å²) in [5.41, 5.74) is -0.0358. The molecule has 0 aliphatic rings. The number of thiophene rings is 1. The lowest BCUT2D eigenvalue weighted by atomic mass is 10.2. The molecule has 0 fully saturated rings. The lowest BCUT2D eigenvalue weighted by Gasteiger charge is -2.05. The summed E-state index contributed by atoms with van der Waals surface area (Å²) in [7, 11) is 0. The summed E-state index contributed by atoms with van der Waals surface area (Å²) in [6.45, 7) is 0. The van der Waals surface area contributed by atoms with E-state index in [-0.39, 0.29) is 0 Å². The Hall–Kier alpha value is -1.75. The molecule has 1 aromatic heterocycles. The fourth-order valence-corrected chi connectivity index (χ4v) is 1.83. The maximum atomic E-state index is 13.2. The van der Waals surface area contributed by atoms with Crippen molar-refractivity contribution in [2.24, 2.45) is 0 Å². The second kappa shape index (κ2) is 4.40. The predicted octanol–water partition coefficient (Wildman–Crippen LogP) is 3.28. The summed E-state index contributed by atoms with van der Waals surface area (Å²) in [5, 5.41) is 5.52. The minimum atomic E-state index is -0.788. The van der Waals surface area contributed by atoms with E-state index >= 15 is 0 Å². The lowest BCUT2D eigenvalue weighted by molar-refractivity contribution is 0.102. The van der Waals surface area contributed by atoms with Crippen LogP contribution in [0.15, 0.2) is 35.0 Å². The van der Waals surface area contributed by atoms with Crippen LogP contribution < -0.4 is 5.32 Å². The largest absolute Gasteiger partial charge is 0.317 e. The van der Waals surface area contributed by atoms with E-state index < -0.39 is 23.2 Å². The molecule has 0 saturated carbocycles. The maximum Gasteiger partial charge on any atom is 0.256 e. The Labute approximate surface area is 94.5 Å². The zero-order valence-electron chi connectivity index (χ0n) is 8.04. The molecule has 0 atom stereocenters. The van der Waals surface area contributed by atoms with Crippen LogP contribution in [0.4, 0.5) is 14.5 Å². The van der Waals surface area contributed by atoms with E-state index in [4.69, 9.17) is 0 Å². The van der Waals surface area contributed by atoms with Gasteiger partial charge in [-0.15, -0.1) is 0 Å². The van der Waals surface area contributed by atoms with Crippen LogP contribution in [0.1, 0.15) is 10.4 Å². The normalized spacial score (nSPS) is 10.1. The molecule has 2 aromatic rings. The van der Waals surface area contributed by atoms with Gasteiger partial charge in [-0.25, -0.2) is 8.78 Å². The van der Waals surface area contributed by atoms with E-state index in [1.807, 2.05) is 0 Å². The van der Waals surface area contributed by atoms with Crippen molar-refractivity contribution in [2.45, 2.75) is 0 Å². The number of carbonyl (C=O) groups is 1. The molecule has 16 heavy (non-hydrogen) atoms. The highest BCUT2D eigenvalue weighted by Gasteiger charge is 2.13. The number of amides is 1. The first-order chi connectivity index (χ1) is 7.68. The van der Waals surface area contributed by atoms with Gasteiger partial charge in [0.25, 0.3) is 5.91 Å². The number of carbonyl (C=O) groups excluding carboxylic acids is 1. The fraction of sp³-hybridized carbons (Fsp3) is 0. The Balaban J connectivity index is 2.25. The van der Waals surface area contributed by atoms with Gasteiger partial charge in [0.05, 0.1) is 5.56 Å². The number of halogens is 2. The summed E-state index contributed by atoms with van der Waals surface area (Å²) in [6.07, 6.45) is 0. The van der Waals surface area contributed by atoms with E-state index in [1.165, 1.54) is 17.4 Å². The molecule has 1 aromatic carbocycles. The van der Waals surface area contributed by atoms with Gasteiger partial charge in [-0.2, -0.15) is 11.3 Å². The molecule has 1 amide bonds. The van der Waals surface area contributed by atoms with Gasteiger partial charge in [0.15, 0.2) is 0 Å². The highest BCUT2D eigenvalue weighted by atomic mass is 32.1. The summed E-state index contributed by atoms with van der Waals surface area (Å²) in [5.74, 6) is -2.10. The first-order valence-corrected chi connectivity index (χ1v) is 5.40. The van der Waals surface area contributed by atoms with Crippen molar-refractivity contribution < 1.29 is 13.6 Å². The van der Waals surface area contributed by atoms with Crippen LogP contribution in [0, 0.1) is 11.6 Å². The van der Waals surface area contributed by atoms with E-state index in [0.717, 1.165) is 12.1 Å². The lowest BCUT2D eigenvalue weighted by Crippen LogP contribution is -2.13. The minimum absolute atomic E-state index is 0.382. The molecule has 1 heterocycles. The fourth-order valence-electron chi connectivity index (χ4n) is 1.20. The molecule has 0 bridgehead atoms. The maximum absolute atomic E-state index is 13.2. The quantitative estimate of drug-likeness (QED) is 0.856. The van der Waals surface area contributed by atoms with Gasteiger partial charge in [0.2, 0.25) is 0 Å². The molecular formula is C11H7F2NOS. The summed E-state index contributed by atoms with van der Waals surface area (Å²) in [6, 6.07) is 5.00. The van der Waals surface area contributed by atoms with E-state index in [9.17, 15) is 13.6 Å². The monoisotopic (exact) mass is 239 g/mol. The molecular weight excluding hydrogens is 232 g/mol. The molecule has 1 N–H and O–H groups in total. The smallest absolute Gasteiger partial charge is 0.256 e. The number of anilines is 1. The van der Waals surface area contributed by atoms with E-state index in [0.29, 0.717) is 5.56 Å². The van der Waals surface area contributed by atoms with Crippen LogP contribution in [0.2, 0.25) is 0 Å². The molecule has 0 saturated heterocycles. The van der Waals surface area contributed by atoms with Crippen LogP contribution in [0.3, 0.4) is 0 Å². The zero-order valence-corrected chi connectivity index (χ0v) is 8.85. The van der Waals surface area contributed by atoms with Gasteiger partial charge in [0.1, 0.15) is 17.3 Å². The Kier molecular flexibility index (Phi) is 2.96. The Morgan fingerprint density at radius 3 is 2.44 bits per heavy atom. The number of hydrogen-bond donors (Lipinski definition) is 1. The highest BCUT2D eigenvalue weighted by molar-refractivity contribution is 7.08. The standard InChI is InChI=1S/C11H7F2NOS/c12-8-2-1-3-9(13)10(8)14-11(15)7-4-5-16-6-7/h1-6H,(H,14,15). The van der Waals surface area contributed by atoms with E-state index in [2.05, 4.69) is 5.32 Å². The zero-order chi connectivity index (χ0) is 11.5. The molecule has 5 heteroatoms. The Morgan fingerprint density at radius 2 is 1.88 bits per heavy atom. The second-order valence-corrected chi connectivity index (χ2v) is 3.84. The Bertz CT molecular complexity index is 490. The molecule has 0 aliphatic heterocycles. The first-order valence-electron chi connectivity index (χ1n) is 4.46. The van der Waals surface area contributed by atoms with Crippen LogP contribution in [-0.2, 0) is 0 Å². The minimum Gasteiger partial charge on any atom is -0.317 e. The van der Waals surface area contributed by atoms with Crippen molar-refractivity contribution >= 4 is 22.9 Å². The number of nitrogens with one attached hydrogen (secondary N) is 1. The number of para-hydroxylation sites is 1. The summed E-state index contributed by atoms with van der Waals surface area (Å²) in [4.78, 5) is 11.5. The summed E-state index contributed by atoms with van der Waals surface area (Å²) >= 11 is 1.34. The average Bonchev–Trinajstić information content (AvgIpc) is 2.76. The third kappa shape index (κ3) is 2.09. The van der Waals surface area contributed by atoms with Gasteiger partial charge in [-0.1, -0.05) is 6.07 Å². The Morgan fingerprint density at radius 1 is 1.19 bits per heavy atom. The number of rotatable bonds is 2. The van der Waals surface area contributed by atoms with Crippen LogP contribution in [0.5, 0.6) is 0 Å². The molecule has 2 nitrogen and oxygen atoms in total. The molecule has 0 unspecified atom stereocenters. The van der Waals surface area contributed by atoms with Crippen LogP contribution in [0.25, 0.3) is 0 Å². The van der Waals surface area contributed by atoms with Crippen molar-refractivity contribution in [3.63, 3.8) is 0 Å². The van der Waals surface area contributed by atoms with Crippen molar-refractivity contribution in [2.75, 3.05) is 5.32 Å².